The van der Waals surface area contributed by atoms with Gasteiger partial charge in [0.1, 0.15) is 0 Å². The lowest BCUT2D eigenvalue weighted by Gasteiger charge is -2.27. The van der Waals surface area contributed by atoms with E-state index in [1.165, 1.54) is 11.1 Å². The number of aryl methyl sites for hydroxylation is 1. The van der Waals surface area contributed by atoms with Crippen LogP contribution < -0.4 is 5.32 Å². The maximum atomic E-state index is 11.1. The highest BCUT2D eigenvalue weighted by molar-refractivity contribution is 5.88. The summed E-state index contributed by atoms with van der Waals surface area (Å²) < 4.78 is 0. The number of aliphatic hydroxyl groups excluding tert-OH is 1. The largest absolute Gasteiger partial charge is 0.478 e. The molecular formula is C26H24N2O3. The molecule has 5 nitrogen and oxygen atoms in total. The van der Waals surface area contributed by atoms with E-state index in [9.17, 15) is 9.90 Å². The number of carboxylic acids is 1. The van der Waals surface area contributed by atoms with Crippen LogP contribution in [0.5, 0.6) is 0 Å². The van der Waals surface area contributed by atoms with E-state index in [-0.39, 0.29) is 11.6 Å². The monoisotopic (exact) mass is 412 g/mol. The topological polar surface area (TPSA) is 93.4 Å². The van der Waals surface area contributed by atoms with Crippen molar-refractivity contribution in [2.75, 3.05) is 6.54 Å². The highest BCUT2D eigenvalue weighted by Crippen LogP contribution is 2.28. The van der Waals surface area contributed by atoms with Crippen LogP contribution in [0.25, 0.3) is 11.1 Å². The molecule has 31 heavy (non-hydrogen) atoms. The lowest BCUT2D eigenvalue weighted by Crippen LogP contribution is -2.37. The van der Waals surface area contributed by atoms with Gasteiger partial charge < -0.3 is 15.5 Å². The first-order valence-corrected chi connectivity index (χ1v) is 10.4. The van der Waals surface area contributed by atoms with Gasteiger partial charge in [0, 0.05) is 12.6 Å². The maximum absolute atomic E-state index is 11.1. The molecule has 0 heterocycles. The standard InChI is InChI=1S/C26H24N2O3/c27-15-17-1-3-20(4-2-17)25(29)16-28-24-12-11-19-7-10-22(13-23(19)14-24)18-5-8-21(9-6-18)26(30)31/h1-10,13,24-25,28-29H,11-12,14,16H2,(H,30,31)/t24-,25+/m0/s1. The van der Waals surface area contributed by atoms with Gasteiger partial charge in [-0.15, -0.1) is 0 Å². The fourth-order valence-corrected chi connectivity index (χ4v) is 4.09. The second kappa shape index (κ2) is 9.13. The summed E-state index contributed by atoms with van der Waals surface area (Å²) >= 11 is 0. The fourth-order valence-electron chi connectivity index (χ4n) is 4.09. The first-order chi connectivity index (χ1) is 15.0. The highest BCUT2D eigenvalue weighted by atomic mass is 16.4. The molecule has 3 N–H and O–H groups in total. The van der Waals surface area contributed by atoms with E-state index >= 15 is 0 Å². The molecule has 0 amide bonds. The third-order valence-electron chi connectivity index (χ3n) is 5.92. The van der Waals surface area contributed by atoms with Crippen LogP contribution in [0.4, 0.5) is 0 Å². The van der Waals surface area contributed by atoms with E-state index in [4.69, 9.17) is 10.4 Å². The Morgan fingerprint density at radius 2 is 1.74 bits per heavy atom. The maximum Gasteiger partial charge on any atom is 0.335 e. The zero-order valence-electron chi connectivity index (χ0n) is 17.1. The van der Waals surface area contributed by atoms with Gasteiger partial charge in [-0.1, -0.05) is 42.5 Å². The first-order valence-electron chi connectivity index (χ1n) is 10.4. The van der Waals surface area contributed by atoms with Gasteiger partial charge in [-0.2, -0.15) is 5.26 Å². The number of nitriles is 1. The minimum Gasteiger partial charge on any atom is -0.478 e. The van der Waals surface area contributed by atoms with Crippen molar-refractivity contribution in [1.82, 2.24) is 5.32 Å². The molecule has 156 valence electrons. The molecule has 5 heteroatoms. The van der Waals surface area contributed by atoms with Crippen LogP contribution in [0.15, 0.2) is 66.7 Å². The molecule has 4 rings (SSSR count). The quantitative estimate of drug-likeness (QED) is 0.567. The average Bonchev–Trinajstić information content (AvgIpc) is 2.82. The number of hydrogen-bond acceptors (Lipinski definition) is 4. The normalized spacial score (nSPS) is 16.2. The summed E-state index contributed by atoms with van der Waals surface area (Å²) in [5, 5.41) is 31.9. The van der Waals surface area contributed by atoms with Crippen LogP contribution in [-0.2, 0) is 12.8 Å². The van der Waals surface area contributed by atoms with Gasteiger partial charge in [0.25, 0.3) is 0 Å². The van der Waals surface area contributed by atoms with E-state index in [2.05, 4.69) is 29.6 Å². The van der Waals surface area contributed by atoms with Gasteiger partial charge in [0.2, 0.25) is 0 Å². The first kappa shape index (κ1) is 20.8. The van der Waals surface area contributed by atoms with Crippen molar-refractivity contribution in [2.24, 2.45) is 0 Å². The van der Waals surface area contributed by atoms with Crippen LogP contribution in [0, 0.1) is 11.3 Å². The average molecular weight is 412 g/mol. The molecule has 0 unspecified atom stereocenters. The highest BCUT2D eigenvalue weighted by Gasteiger charge is 2.20. The van der Waals surface area contributed by atoms with Crippen molar-refractivity contribution in [1.29, 1.82) is 5.26 Å². The number of hydrogen-bond donors (Lipinski definition) is 3. The summed E-state index contributed by atoms with van der Waals surface area (Å²) in [4.78, 5) is 11.1. The Morgan fingerprint density at radius 1 is 1.03 bits per heavy atom. The van der Waals surface area contributed by atoms with Gasteiger partial charge in [-0.25, -0.2) is 4.79 Å². The van der Waals surface area contributed by atoms with E-state index < -0.39 is 12.1 Å². The fraction of sp³-hybridized carbons (Fsp3) is 0.231. The molecular weight excluding hydrogens is 388 g/mol. The number of carboxylic acid groups (broad SMARTS) is 1. The summed E-state index contributed by atoms with van der Waals surface area (Å²) in [7, 11) is 0. The molecule has 0 aliphatic heterocycles. The van der Waals surface area contributed by atoms with Crippen LogP contribution in [-0.4, -0.2) is 28.8 Å². The third kappa shape index (κ3) is 4.83. The van der Waals surface area contributed by atoms with Gasteiger partial charge in [0.15, 0.2) is 0 Å². The Morgan fingerprint density at radius 3 is 2.42 bits per heavy atom. The van der Waals surface area contributed by atoms with E-state index in [0.717, 1.165) is 36.0 Å². The summed E-state index contributed by atoms with van der Waals surface area (Å²) in [6, 6.07) is 22.8. The lowest BCUT2D eigenvalue weighted by molar-refractivity contribution is 0.0697. The Labute approximate surface area is 181 Å². The van der Waals surface area contributed by atoms with Crippen molar-refractivity contribution < 1.29 is 15.0 Å². The lowest BCUT2D eigenvalue weighted by atomic mass is 9.86. The van der Waals surface area contributed by atoms with Crippen LogP contribution >= 0.6 is 0 Å². The molecule has 3 aromatic carbocycles. The van der Waals surface area contributed by atoms with Gasteiger partial charge in [-0.05, 0) is 71.3 Å². The Balaban J connectivity index is 1.41. The van der Waals surface area contributed by atoms with Gasteiger partial charge in [-0.3, -0.25) is 0 Å². The van der Waals surface area contributed by atoms with Gasteiger partial charge in [0.05, 0.1) is 23.3 Å². The zero-order chi connectivity index (χ0) is 21.8. The van der Waals surface area contributed by atoms with Crippen molar-refractivity contribution in [3.05, 3.63) is 94.5 Å². The number of aliphatic hydroxyl groups is 1. The van der Waals surface area contributed by atoms with E-state index in [1.54, 1.807) is 36.4 Å². The molecule has 0 spiro atoms. The Hall–Kier alpha value is -3.46. The number of fused-ring (bicyclic) bond motifs is 1. The molecule has 1 aliphatic rings. The van der Waals surface area contributed by atoms with Crippen molar-refractivity contribution in [3.8, 4) is 17.2 Å². The van der Waals surface area contributed by atoms with Crippen LogP contribution in [0.3, 0.4) is 0 Å². The second-order valence-corrected chi connectivity index (χ2v) is 7.96. The number of nitrogens with zero attached hydrogens (tertiary/aromatic N) is 1. The number of aromatic carboxylic acids is 1. The predicted octanol–water partition coefficient (Wildman–Crippen LogP) is 4.10. The molecule has 0 aromatic heterocycles. The number of benzene rings is 3. The van der Waals surface area contributed by atoms with Crippen LogP contribution in [0.2, 0.25) is 0 Å². The minimum atomic E-state index is -0.922. The van der Waals surface area contributed by atoms with Crippen molar-refractivity contribution >= 4 is 5.97 Å². The molecule has 2 atom stereocenters. The molecule has 0 fully saturated rings. The minimum absolute atomic E-state index is 0.283. The summed E-state index contributed by atoms with van der Waals surface area (Å²) in [6.07, 6.45) is 2.27. The molecule has 0 radical (unpaired) electrons. The molecule has 0 bridgehead atoms. The SMILES string of the molecule is N#Cc1ccc([C@H](O)CN[C@H]2CCc3ccc(-c4ccc(C(=O)O)cc4)cc3C2)cc1. The number of carbonyl (C=O) groups is 1. The molecule has 1 aliphatic carbocycles. The second-order valence-electron chi connectivity index (χ2n) is 7.96. The third-order valence-corrected chi connectivity index (χ3v) is 5.92. The molecule has 0 saturated heterocycles. The Kier molecular flexibility index (Phi) is 6.13. The van der Waals surface area contributed by atoms with E-state index in [0.29, 0.717) is 12.1 Å². The molecule has 3 aromatic rings. The number of nitrogens with one attached hydrogen (secondary N) is 1. The summed E-state index contributed by atoms with van der Waals surface area (Å²) in [5.41, 5.74) is 6.38. The van der Waals surface area contributed by atoms with Crippen molar-refractivity contribution in [3.63, 3.8) is 0 Å². The number of rotatable bonds is 6. The molecule has 0 saturated carbocycles. The Bertz CT molecular complexity index is 1110. The van der Waals surface area contributed by atoms with E-state index in [1.807, 2.05) is 12.1 Å². The summed E-state index contributed by atoms with van der Waals surface area (Å²) in [5.74, 6) is -0.922. The predicted molar refractivity (Wildman–Crippen MR) is 119 cm³/mol. The zero-order valence-corrected chi connectivity index (χ0v) is 17.1. The van der Waals surface area contributed by atoms with Crippen molar-refractivity contribution in [2.45, 2.75) is 31.4 Å². The van der Waals surface area contributed by atoms with Crippen LogP contribution in [0.1, 0.15) is 45.1 Å². The summed E-state index contributed by atoms with van der Waals surface area (Å²) in [6.45, 7) is 0.461. The smallest absolute Gasteiger partial charge is 0.335 e. The van der Waals surface area contributed by atoms with Gasteiger partial charge >= 0.3 is 5.97 Å².